The first kappa shape index (κ1) is 15.2. The number of nitrogens with zero attached hydrogens (tertiary/aromatic N) is 4. The molecule has 1 aromatic carbocycles. The highest BCUT2D eigenvalue weighted by atomic mass is 32.2. The normalized spacial score (nSPS) is 17.3. The number of anilines is 1. The molecule has 1 saturated heterocycles. The van der Waals surface area contributed by atoms with Crippen LogP contribution in [0.3, 0.4) is 0 Å². The number of pyridine rings is 1. The van der Waals surface area contributed by atoms with Gasteiger partial charge in [0.05, 0.1) is 11.0 Å². The maximum absolute atomic E-state index is 12.0. The predicted molar refractivity (Wildman–Crippen MR) is 101 cm³/mol. The first-order chi connectivity index (χ1) is 11.5. The minimum absolute atomic E-state index is 0.630. The summed E-state index contributed by atoms with van der Waals surface area (Å²) in [6.07, 6.45) is 1.82. The van der Waals surface area contributed by atoms with Gasteiger partial charge in [-0.2, -0.15) is 0 Å². The molecule has 0 bridgehead atoms. The third kappa shape index (κ3) is 2.67. The van der Waals surface area contributed by atoms with Crippen LogP contribution >= 0.6 is 0 Å². The molecular weight excluding hydrogens is 320 g/mol. The van der Waals surface area contributed by atoms with Crippen LogP contribution in [0.4, 0.5) is 5.82 Å². The molecule has 2 aromatic heterocycles. The van der Waals surface area contributed by atoms with Crippen LogP contribution in [0.2, 0.25) is 0 Å². The molecule has 0 atom stereocenters. The van der Waals surface area contributed by atoms with E-state index >= 15 is 0 Å². The monoisotopic (exact) mass is 340 g/mol. The lowest BCUT2D eigenvalue weighted by Crippen LogP contribution is -2.40. The van der Waals surface area contributed by atoms with Crippen molar-refractivity contribution in [3.63, 3.8) is 0 Å². The van der Waals surface area contributed by atoms with Crippen LogP contribution in [0.15, 0.2) is 42.6 Å². The maximum Gasteiger partial charge on any atom is 0.141 e. The highest BCUT2D eigenvalue weighted by Gasteiger charge is 2.19. The van der Waals surface area contributed by atoms with Gasteiger partial charge in [0, 0.05) is 43.4 Å². The van der Waals surface area contributed by atoms with Gasteiger partial charge in [0.15, 0.2) is 0 Å². The predicted octanol–water partition coefficient (Wildman–Crippen LogP) is 2.17. The van der Waals surface area contributed by atoms with Crippen molar-refractivity contribution in [1.82, 2.24) is 14.5 Å². The quantitative estimate of drug-likeness (QED) is 0.671. The molecular formula is C18H20N4OS. The molecule has 4 rings (SSSR count). The van der Waals surface area contributed by atoms with Crippen LogP contribution in [0.1, 0.15) is 0 Å². The zero-order valence-corrected chi connectivity index (χ0v) is 14.5. The van der Waals surface area contributed by atoms with E-state index in [4.69, 9.17) is 4.98 Å². The second-order valence-electron chi connectivity index (χ2n) is 6.25. The Morgan fingerprint density at radius 3 is 2.67 bits per heavy atom. The lowest BCUT2D eigenvalue weighted by molar-refractivity contribution is 0.670. The number of benzene rings is 1. The molecule has 0 radical (unpaired) electrons. The molecule has 24 heavy (non-hydrogen) atoms. The van der Waals surface area contributed by atoms with Gasteiger partial charge in [-0.3, -0.25) is 4.21 Å². The van der Waals surface area contributed by atoms with Crippen molar-refractivity contribution < 1.29 is 4.21 Å². The van der Waals surface area contributed by atoms with E-state index in [0.29, 0.717) is 11.5 Å². The molecule has 1 fully saturated rings. The molecule has 3 aromatic rings. The van der Waals surface area contributed by atoms with E-state index in [9.17, 15) is 4.21 Å². The summed E-state index contributed by atoms with van der Waals surface area (Å²) in [6, 6.07) is 12.2. The highest BCUT2D eigenvalue weighted by Crippen LogP contribution is 2.26. The van der Waals surface area contributed by atoms with E-state index in [1.807, 2.05) is 37.5 Å². The Labute approximate surface area is 142 Å². The third-order valence-corrected chi connectivity index (χ3v) is 6.43. The zero-order valence-electron chi connectivity index (χ0n) is 13.7. The smallest absolute Gasteiger partial charge is 0.141 e. The molecule has 0 unspecified atom stereocenters. The van der Waals surface area contributed by atoms with Crippen LogP contribution in [0.25, 0.3) is 22.4 Å². The Bertz CT molecular complexity index is 993. The number of imidazole rings is 1. The van der Waals surface area contributed by atoms with E-state index in [1.54, 1.807) is 0 Å². The maximum atomic E-state index is 12.0. The van der Waals surface area contributed by atoms with E-state index in [1.165, 1.54) is 0 Å². The molecule has 6 heteroatoms. The van der Waals surface area contributed by atoms with Crippen molar-refractivity contribution >= 4 is 32.2 Å². The van der Waals surface area contributed by atoms with Crippen LogP contribution < -0.4 is 4.90 Å². The van der Waals surface area contributed by atoms with Gasteiger partial charge in [-0.1, -0.05) is 12.1 Å². The van der Waals surface area contributed by atoms with Gasteiger partial charge in [0.1, 0.15) is 11.6 Å². The molecule has 3 heterocycles. The Morgan fingerprint density at radius 1 is 1.17 bits per heavy atom. The van der Waals surface area contributed by atoms with Gasteiger partial charge in [-0.05, 0) is 39.7 Å². The van der Waals surface area contributed by atoms with Crippen molar-refractivity contribution in [2.75, 3.05) is 29.5 Å². The first-order valence-corrected chi connectivity index (χ1v) is 10.1. The summed E-state index contributed by atoms with van der Waals surface area (Å²) in [5.74, 6) is 6.93. The number of fused-ring (bicyclic) bond motifs is 1. The summed E-state index contributed by atoms with van der Waals surface area (Å²) in [6.45, 7) is 1.47. The molecule has 0 aliphatic carbocycles. The van der Waals surface area contributed by atoms with E-state index < -0.39 is 9.52 Å². The fourth-order valence-electron chi connectivity index (χ4n) is 3.13. The summed E-state index contributed by atoms with van der Waals surface area (Å²) in [4.78, 5) is 11.4. The van der Waals surface area contributed by atoms with Gasteiger partial charge in [0.2, 0.25) is 0 Å². The number of hydrogen-bond acceptors (Lipinski definition) is 4. The SMILES string of the molecule is C=S1(=O)CCN(c2cc(-c3nc4ccccc4n3C)ccn2)CC1. The molecule has 1 aliphatic heterocycles. The lowest BCUT2D eigenvalue weighted by Gasteiger charge is -2.29. The minimum Gasteiger partial charge on any atom is -0.355 e. The van der Waals surface area contributed by atoms with Crippen molar-refractivity contribution in [1.29, 1.82) is 0 Å². The van der Waals surface area contributed by atoms with Crippen molar-refractivity contribution in [2.45, 2.75) is 0 Å². The number of aryl methyl sites for hydroxylation is 1. The Balaban J connectivity index is 1.71. The third-order valence-electron chi connectivity index (χ3n) is 4.58. The van der Waals surface area contributed by atoms with Gasteiger partial charge < -0.3 is 9.47 Å². The zero-order chi connectivity index (χ0) is 16.7. The average molecular weight is 340 g/mol. The van der Waals surface area contributed by atoms with Gasteiger partial charge >= 0.3 is 0 Å². The lowest BCUT2D eigenvalue weighted by atomic mass is 10.2. The molecule has 0 saturated carbocycles. The van der Waals surface area contributed by atoms with Gasteiger partial charge in [-0.15, -0.1) is 0 Å². The van der Waals surface area contributed by atoms with Crippen molar-refractivity contribution in [2.24, 2.45) is 7.05 Å². The molecule has 0 N–H and O–H groups in total. The fraction of sp³-hybridized carbons (Fsp3) is 0.278. The summed E-state index contributed by atoms with van der Waals surface area (Å²) in [5, 5.41) is 0. The second-order valence-corrected chi connectivity index (χ2v) is 9.00. The number of hydrogen-bond donors (Lipinski definition) is 0. The van der Waals surface area contributed by atoms with Gasteiger partial charge in [-0.25, -0.2) is 9.97 Å². The minimum atomic E-state index is -1.90. The van der Waals surface area contributed by atoms with Crippen molar-refractivity contribution in [3.8, 4) is 11.4 Å². The van der Waals surface area contributed by atoms with E-state index in [-0.39, 0.29) is 0 Å². The Kier molecular flexibility index (Phi) is 3.57. The summed E-state index contributed by atoms with van der Waals surface area (Å²) in [5.41, 5.74) is 3.14. The van der Waals surface area contributed by atoms with Crippen LogP contribution in [-0.2, 0) is 16.6 Å². The molecule has 0 amide bonds. The van der Waals surface area contributed by atoms with E-state index in [0.717, 1.165) is 41.3 Å². The Morgan fingerprint density at radius 2 is 1.92 bits per heavy atom. The molecule has 124 valence electrons. The topological polar surface area (TPSA) is 51.0 Å². The van der Waals surface area contributed by atoms with Crippen LogP contribution in [-0.4, -0.2) is 49.2 Å². The Hall–Kier alpha value is -2.34. The molecule has 0 spiro atoms. The number of aromatic nitrogens is 3. The number of rotatable bonds is 2. The molecule has 5 nitrogen and oxygen atoms in total. The summed E-state index contributed by atoms with van der Waals surface area (Å²) < 4.78 is 14.1. The summed E-state index contributed by atoms with van der Waals surface area (Å²) >= 11 is 0. The second kappa shape index (κ2) is 5.63. The van der Waals surface area contributed by atoms with Crippen molar-refractivity contribution in [3.05, 3.63) is 42.6 Å². The molecule has 1 aliphatic rings. The van der Waals surface area contributed by atoms with E-state index in [2.05, 4.69) is 32.5 Å². The average Bonchev–Trinajstić information content (AvgIpc) is 2.92. The number of para-hydroxylation sites is 2. The first-order valence-electron chi connectivity index (χ1n) is 7.99. The van der Waals surface area contributed by atoms with Gasteiger partial charge in [0.25, 0.3) is 0 Å². The standard InChI is InChI=1S/C18H20N4OS/c1-21-16-6-4-3-5-15(16)20-18(21)14-7-8-19-17(13-14)22-9-11-24(2,23)12-10-22/h3-8,13H,2,9-12H2,1H3. The highest BCUT2D eigenvalue weighted by molar-refractivity contribution is 8.00. The summed E-state index contributed by atoms with van der Waals surface area (Å²) in [7, 11) is 0.135. The largest absolute Gasteiger partial charge is 0.355 e. The van der Waals surface area contributed by atoms with Crippen LogP contribution in [0.5, 0.6) is 0 Å². The van der Waals surface area contributed by atoms with Crippen LogP contribution in [0, 0.1) is 0 Å². The fourth-order valence-corrected chi connectivity index (χ4v) is 4.44.